The van der Waals surface area contributed by atoms with Crippen molar-refractivity contribution in [2.24, 2.45) is 17.3 Å². The molecule has 1 heterocycles. The van der Waals surface area contributed by atoms with Gasteiger partial charge < -0.3 is 15.2 Å². The molecule has 29 heavy (non-hydrogen) atoms. The third-order valence-corrected chi connectivity index (χ3v) is 6.93. The molecule has 1 aromatic rings. The van der Waals surface area contributed by atoms with Gasteiger partial charge in [-0.15, -0.1) is 0 Å². The Morgan fingerprint density at radius 2 is 2.03 bits per heavy atom. The van der Waals surface area contributed by atoms with Crippen LogP contribution in [-0.4, -0.2) is 34.0 Å². The van der Waals surface area contributed by atoms with Gasteiger partial charge in [-0.2, -0.15) is 5.26 Å². The Labute approximate surface area is 168 Å². The van der Waals surface area contributed by atoms with E-state index in [0.29, 0.717) is 29.5 Å². The summed E-state index contributed by atoms with van der Waals surface area (Å²) in [6, 6.07) is 9.00. The zero-order valence-corrected chi connectivity index (χ0v) is 16.1. The van der Waals surface area contributed by atoms with Crippen LogP contribution in [0.2, 0.25) is 0 Å². The van der Waals surface area contributed by atoms with Gasteiger partial charge in [0.2, 0.25) is 0 Å². The predicted molar refractivity (Wildman–Crippen MR) is 103 cm³/mol. The number of carbonyl (C=O) groups excluding carboxylic acids is 2. The van der Waals surface area contributed by atoms with Crippen molar-refractivity contribution in [2.75, 3.05) is 11.9 Å². The third kappa shape index (κ3) is 2.90. The van der Waals surface area contributed by atoms with Gasteiger partial charge in [0.15, 0.2) is 5.82 Å². The predicted octanol–water partition coefficient (Wildman–Crippen LogP) is 2.75. The normalized spacial score (nSPS) is 35.8. The number of fused-ring (bicyclic) bond motifs is 1. The Balaban J connectivity index is 1.40. The maximum atomic E-state index is 13.1. The summed E-state index contributed by atoms with van der Waals surface area (Å²) in [5, 5.41) is 23.1. The Kier molecular flexibility index (Phi) is 3.97. The fourth-order valence-electron chi connectivity index (χ4n) is 6.25. The van der Waals surface area contributed by atoms with E-state index >= 15 is 0 Å². The van der Waals surface area contributed by atoms with Crippen LogP contribution in [0.25, 0.3) is 0 Å². The molecule has 2 atom stereocenters. The number of anilines is 1. The molecule has 7 nitrogen and oxygen atoms in total. The van der Waals surface area contributed by atoms with Crippen molar-refractivity contribution in [1.29, 1.82) is 5.26 Å². The Morgan fingerprint density at radius 3 is 2.72 bits per heavy atom. The maximum Gasteiger partial charge on any atom is 0.317 e. The number of carbonyl (C=O) groups is 2. The van der Waals surface area contributed by atoms with Gasteiger partial charge in [-0.1, -0.05) is 12.1 Å². The molecule has 4 aliphatic carbocycles. The van der Waals surface area contributed by atoms with E-state index in [4.69, 9.17) is 10.00 Å². The van der Waals surface area contributed by atoms with Crippen LogP contribution in [0, 0.1) is 28.6 Å². The maximum absolute atomic E-state index is 13.1. The van der Waals surface area contributed by atoms with Crippen LogP contribution in [0.15, 0.2) is 36.3 Å². The Hall–Kier alpha value is -2.85. The lowest BCUT2D eigenvalue weighted by molar-refractivity contribution is -0.192. The molecule has 7 heteroatoms. The topological polar surface area (TPSA) is 103 Å². The van der Waals surface area contributed by atoms with Crippen molar-refractivity contribution < 1.29 is 19.4 Å². The van der Waals surface area contributed by atoms with E-state index in [1.54, 1.807) is 24.3 Å². The van der Waals surface area contributed by atoms with Gasteiger partial charge in [-0.05, 0) is 62.5 Å². The molecule has 6 rings (SSSR count). The molecule has 4 fully saturated rings. The number of amides is 1. The SMILES string of the molecule is N#CCN1C(=O)c2ccccc2N/C1=C/OC(=O)C12CC3CC(CC(O)(C3)C1)C2. The minimum Gasteiger partial charge on any atom is -0.430 e. The number of aliphatic hydroxyl groups is 1. The van der Waals surface area contributed by atoms with E-state index in [2.05, 4.69) is 5.32 Å². The number of rotatable bonds is 3. The highest BCUT2D eigenvalue weighted by Crippen LogP contribution is 2.62. The molecule has 150 valence electrons. The molecule has 0 saturated heterocycles. The van der Waals surface area contributed by atoms with Gasteiger partial charge in [0.1, 0.15) is 12.8 Å². The molecule has 5 aliphatic rings. The summed E-state index contributed by atoms with van der Waals surface area (Å²) in [6.45, 7) is -0.154. The summed E-state index contributed by atoms with van der Waals surface area (Å²) >= 11 is 0. The van der Waals surface area contributed by atoms with Crippen LogP contribution in [0.5, 0.6) is 0 Å². The second-order valence-electron chi connectivity index (χ2n) is 9.09. The summed E-state index contributed by atoms with van der Waals surface area (Å²) in [6.07, 6.45) is 5.85. The molecule has 0 aromatic heterocycles. The number of benzene rings is 1. The molecule has 4 bridgehead atoms. The molecular formula is C22H23N3O4. The monoisotopic (exact) mass is 393 g/mol. The van der Waals surface area contributed by atoms with Gasteiger partial charge in [-0.3, -0.25) is 14.5 Å². The van der Waals surface area contributed by atoms with Gasteiger partial charge in [0, 0.05) is 0 Å². The lowest BCUT2D eigenvalue weighted by Crippen LogP contribution is -2.58. The van der Waals surface area contributed by atoms with E-state index in [9.17, 15) is 14.7 Å². The fourth-order valence-corrected chi connectivity index (χ4v) is 6.25. The standard InChI is InChI=1S/C22H23N3O4/c23-5-6-25-18(24-17-4-2-1-3-16(17)19(25)26)12-29-20(27)21-8-14-7-15(9-21)11-22(28,10-14)13-21/h1-4,12,14-15,24,28H,6-11,13H2/b18-12-. The molecule has 1 amide bonds. The zero-order valence-electron chi connectivity index (χ0n) is 16.1. The molecule has 2 N–H and O–H groups in total. The summed E-state index contributed by atoms with van der Waals surface area (Å²) in [5.41, 5.74) is -0.319. The number of nitrogens with zero attached hydrogens (tertiary/aromatic N) is 2. The number of hydrogen-bond acceptors (Lipinski definition) is 6. The largest absolute Gasteiger partial charge is 0.430 e. The number of ether oxygens (including phenoxy) is 1. The first kappa shape index (κ1) is 18.2. The average Bonchev–Trinajstić information content (AvgIpc) is 2.67. The number of nitriles is 1. The van der Waals surface area contributed by atoms with Gasteiger partial charge >= 0.3 is 5.97 Å². The molecule has 0 spiro atoms. The lowest BCUT2D eigenvalue weighted by atomic mass is 9.48. The van der Waals surface area contributed by atoms with Crippen LogP contribution in [-0.2, 0) is 9.53 Å². The Morgan fingerprint density at radius 1 is 1.31 bits per heavy atom. The molecular weight excluding hydrogens is 370 g/mol. The molecule has 2 unspecified atom stereocenters. The molecule has 1 aromatic carbocycles. The smallest absolute Gasteiger partial charge is 0.317 e. The van der Waals surface area contributed by atoms with Gasteiger partial charge in [0.05, 0.1) is 28.3 Å². The number of para-hydroxylation sites is 1. The molecule has 1 aliphatic heterocycles. The van der Waals surface area contributed by atoms with Crippen molar-refractivity contribution in [1.82, 2.24) is 4.90 Å². The highest BCUT2D eigenvalue weighted by Gasteiger charge is 2.60. The van der Waals surface area contributed by atoms with Crippen LogP contribution >= 0.6 is 0 Å². The van der Waals surface area contributed by atoms with Crippen LogP contribution in [0.4, 0.5) is 5.69 Å². The second-order valence-corrected chi connectivity index (χ2v) is 9.09. The first-order valence-electron chi connectivity index (χ1n) is 10.1. The van der Waals surface area contributed by atoms with Crippen LogP contribution in [0.3, 0.4) is 0 Å². The Bertz CT molecular complexity index is 949. The summed E-state index contributed by atoms with van der Waals surface area (Å²) in [5.74, 6) is 0.359. The van der Waals surface area contributed by atoms with Crippen molar-refractivity contribution >= 4 is 17.6 Å². The van der Waals surface area contributed by atoms with Gasteiger partial charge in [-0.25, -0.2) is 0 Å². The minimum atomic E-state index is -0.749. The van der Waals surface area contributed by atoms with E-state index in [1.807, 2.05) is 6.07 Å². The molecule has 4 saturated carbocycles. The van der Waals surface area contributed by atoms with E-state index < -0.39 is 11.0 Å². The lowest BCUT2D eigenvalue weighted by Gasteiger charge is -2.58. The van der Waals surface area contributed by atoms with Crippen LogP contribution in [0.1, 0.15) is 48.9 Å². The highest BCUT2D eigenvalue weighted by molar-refractivity contribution is 6.03. The number of hydrogen-bond donors (Lipinski definition) is 2. The second kappa shape index (κ2) is 6.33. The highest BCUT2D eigenvalue weighted by atomic mass is 16.5. The molecule has 0 radical (unpaired) electrons. The van der Waals surface area contributed by atoms with Crippen molar-refractivity contribution in [2.45, 2.75) is 44.1 Å². The van der Waals surface area contributed by atoms with E-state index in [0.717, 1.165) is 32.1 Å². The first-order valence-corrected chi connectivity index (χ1v) is 10.1. The summed E-state index contributed by atoms with van der Waals surface area (Å²) in [4.78, 5) is 27.1. The van der Waals surface area contributed by atoms with Gasteiger partial charge in [0.25, 0.3) is 5.91 Å². The number of nitrogens with one attached hydrogen (secondary N) is 1. The van der Waals surface area contributed by atoms with Crippen molar-refractivity contribution in [3.8, 4) is 6.07 Å². The quantitative estimate of drug-likeness (QED) is 0.465. The van der Waals surface area contributed by atoms with Crippen molar-refractivity contribution in [3.63, 3.8) is 0 Å². The third-order valence-electron chi connectivity index (χ3n) is 6.93. The van der Waals surface area contributed by atoms with E-state index in [-0.39, 0.29) is 24.2 Å². The van der Waals surface area contributed by atoms with Crippen molar-refractivity contribution in [3.05, 3.63) is 41.9 Å². The average molecular weight is 393 g/mol. The summed E-state index contributed by atoms with van der Waals surface area (Å²) < 4.78 is 5.57. The minimum absolute atomic E-state index is 0.154. The fraction of sp³-hybridized carbons (Fsp3) is 0.500. The van der Waals surface area contributed by atoms with Crippen LogP contribution < -0.4 is 5.32 Å². The first-order chi connectivity index (χ1) is 13.9. The zero-order chi connectivity index (χ0) is 20.2. The number of esters is 1. The summed E-state index contributed by atoms with van der Waals surface area (Å²) in [7, 11) is 0. The van der Waals surface area contributed by atoms with E-state index in [1.165, 1.54) is 11.2 Å².